The maximum Gasteiger partial charge on any atom is 0.339 e. The summed E-state index contributed by atoms with van der Waals surface area (Å²) in [4.78, 5) is 35.6. The lowest BCUT2D eigenvalue weighted by atomic mass is 9.96. The van der Waals surface area contributed by atoms with Gasteiger partial charge in [0.2, 0.25) is 0 Å². The Balaban J connectivity index is 1.88. The predicted octanol–water partition coefficient (Wildman–Crippen LogP) is 1.80. The molecule has 27 heavy (non-hydrogen) atoms. The van der Waals surface area contributed by atoms with Gasteiger partial charge in [0.05, 0.1) is 16.2 Å². The number of amides is 3. The molecule has 0 aliphatic heterocycles. The van der Waals surface area contributed by atoms with Crippen LogP contribution in [0.2, 0.25) is 0 Å². The lowest BCUT2D eigenvalue weighted by molar-refractivity contribution is -0.123. The Morgan fingerprint density at radius 2 is 1.78 bits per heavy atom. The monoisotopic (exact) mass is 396 g/mol. The Bertz CT molecular complexity index is 800. The van der Waals surface area contributed by atoms with Crippen molar-refractivity contribution in [3.8, 4) is 0 Å². The van der Waals surface area contributed by atoms with Crippen LogP contribution in [-0.2, 0) is 19.4 Å². The van der Waals surface area contributed by atoms with Crippen molar-refractivity contribution < 1.29 is 27.5 Å². The number of carbonyl (C=O) groups excluding carboxylic acids is 3. The van der Waals surface area contributed by atoms with Crippen molar-refractivity contribution in [1.82, 2.24) is 10.6 Å². The highest BCUT2D eigenvalue weighted by molar-refractivity contribution is 7.91. The molecule has 1 fully saturated rings. The number of sulfone groups is 1. The minimum absolute atomic E-state index is 0.0419. The molecule has 0 saturated heterocycles. The maximum absolute atomic E-state index is 12.2. The van der Waals surface area contributed by atoms with Gasteiger partial charge in [0.1, 0.15) is 0 Å². The van der Waals surface area contributed by atoms with E-state index in [-0.39, 0.29) is 22.3 Å². The first kappa shape index (κ1) is 20.9. The average molecular weight is 396 g/mol. The van der Waals surface area contributed by atoms with Crippen LogP contribution in [-0.4, -0.2) is 44.7 Å². The lowest BCUT2D eigenvalue weighted by Gasteiger charge is -2.22. The molecule has 2 N–H and O–H groups in total. The molecule has 0 spiro atoms. The molecule has 0 aromatic heterocycles. The van der Waals surface area contributed by atoms with Gasteiger partial charge in [0.25, 0.3) is 5.91 Å². The summed E-state index contributed by atoms with van der Waals surface area (Å²) in [5, 5.41) is 4.82. The van der Waals surface area contributed by atoms with Gasteiger partial charge in [0.15, 0.2) is 16.4 Å². The standard InChI is InChI=1S/C18H24N2O6S/c1-2-27(24,25)15-11-7-6-10-14(15)17(22)26-12-16(21)20-18(23)19-13-8-4-3-5-9-13/h6-7,10-11,13H,2-5,8-9,12H2,1H3,(H2,19,20,21,23). The van der Waals surface area contributed by atoms with Crippen molar-refractivity contribution in [3.63, 3.8) is 0 Å². The topological polar surface area (TPSA) is 119 Å². The fraction of sp³-hybridized carbons (Fsp3) is 0.500. The second-order valence-corrected chi connectivity index (χ2v) is 8.58. The summed E-state index contributed by atoms with van der Waals surface area (Å²) in [5.41, 5.74) is -0.140. The summed E-state index contributed by atoms with van der Waals surface area (Å²) in [5.74, 6) is -1.89. The van der Waals surface area contributed by atoms with Crippen molar-refractivity contribution in [1.29, 1.82) is 0 Å². The molecule has 148 valence electrons. The molecule has 0 atom stereocenters. The molecule has 1 aliphatic carbocycles. The van der Waals surface area contributed by atoms with Gasteiger partial charge < -0.3 is 10.1 Å². The van der Waals surface area contributed by atoms with Crippen LogP contribution in [0.1, 0.15) is 49.4 Å². The fourth-order valence-electron chi connectivity index (χ4n) is 2.90. The average Bonchev–Trinajstić information content (AvgIpc) is 2.66. The van der Waals surface area contributed by atoms with Crippen molar-refractivity contribution in [2.75, 3.05) is 12.4 Å². The number of benzene rings is 1. The van der Waals surface area contributed by atoms with E-state index in [0.29, 0.717) is 0 Å². The molecule has 2 rings (SSSR count). The summed E-state index contributed by atoms with van der Waals surface area (Å²) in [6, 6.07) is 5.05. The lowest BCUT2D eigenvalue weighted by Crippen LogP contribution is -2.46. The molecule has 1 aromatic carbocycles. The number of nitrogens with one attached hydrogen (secondary N) is 2. The van der Waals surface area contributed by atoms with E-state index in [1.54, 1.807) is 0 Å². The summed E-state index contributed by atoms with van der Waals surface area (Å²) in [7, 11) is -3.61. The Morgan fingerprint density at radius 3 is 2.44 bits per heavy atom. The molecule has 0 radical (unpaired) electrons. The van der Waals surface area contributed by atoms with Gasteiger partial charge in [-0.1, -0.05) is 38.3 Å². The number of hydrogen-bond acceptors (Lipinski definition) is 6. The van der Waals surface area contributed by atoms with Gasteiger partial charge in [-0.2, -0.15) is 0 Å². The van der Waals surface area contributed by atoms with Gasteiger partial charge in [-0.3, -0.25) is 10.1 Å². The zero-order chi connectivity index (χ0) is 19.9. The van der Waals surface area contributed by atoms with Crippen LogP contribution in [0.15, 0.2) is 29.2 Å². The third kappa shape index (κ3) is 6.06. The molecule has 1 saturated carbocycles. The number of ether oxygens (including phenoxy) is 1. The summed E-state index contributed by atoms with van der Waals surface area (Å²) >= 11 is 0. The molecular weight excluding hydrogens is 372 g/mol. The molecule has 3 amide bonds. The van der Waals surface area contributed by atoms with Crippen LogP contribution in [0.3, 0.4) is 0 Å². The van der Waals surface area contributed by atoms with Crippen molar-refractivity contribution in [3.05, 3.63) is 29.8 Å². The van der Waals surface area contributed by atoms with Crippen LogP contribution < -0.4 is 10.6 Å². The minimum atomic E-state index is -3.61. The van der Waals surface area contributed by atoms with Crippen LogP contribution >= 0.6 is 0 Å². The second-order valence-electron chi connectivity index (χ2n) is 6.33. The molecular formula is C18H24N2O6S. The Hall–Kier alpha value is -2.42. The first-order valence-corrected chi connectivity index (χ1v) is 10.6. The molecule has 0 heterocycles. The van der Waals surface area contributed by atoms with Gasteiger partial charge in [0, 0.05) is 6.04 Å². The molecule has 0 unspecified atom stereocenters. The highest BCUT2D eigenvalue weighted by Gasteiger charge is 2.22. The number of esters is 1. The smallest absolute Gasteiger partial charge is 0.339 e. The second kappa shape index (κ2) is 9.50. The molecule has 8 nitrogen and oxygen atoms in total. The van der Waals surface area contributed by atoms with E-state index in [4.69, 9.17) is 4.74 Å². The van der Waals surface area contributed by atoms with E-state index in [9.17, 15) is 22.8 Å². The van der Waals surface area contributed by atoms with Crippen molar-refractivity contribution >= 4 is 27.7 Å². The first-order chi connectivity index (χ1) is 12.8. The van der Waals surface area contributed by atoms with Crippen LogP contribution in [0.5, 0.6) is 0 Å². The molecule has 0 bridgehead atoms. The Kier molecular flexibility index (Phi) is 7.35. The van der Waals surface area contributed by atoms with Gasteiger partial charge >= 0.3 is 12.0 Å². The quantitative estimate of drug-likeness (QED) is 0.708. The maximum atomic E-state index is 12.2. The highest BCUT2D eigenvalue weighted by atomic mass is 32.2. The van der Waals surface area contributed by atoms with E-state index in [0.717, 1.165) is 32.1 Å². The number of urea groups is 1. The summed E-state index contributed by atoms with van der Waals surface area (Å²) < 4.78 is 29.0. The zero-order valence-corrected chi connectivity index (χ0v) is 16.0. The normalized spacial score (nSPS) is 15.0. The number of imide groups is 1. The molecule has 1 aromatic rings. The van der Waals surface area contributed by atoms with E-state index in [1.165, 1.54) is 31.2 Å². The van der Waals surface area contributed by atoms with Crippen LogP contribution in [0.4, 0.5) is 4.79 Å². The highest BCUT2D eigenvalue weighted by Crippen LogP contribution is 2.18. The van der Waals surface area contributed by atoms with Crippen LogP contribution in [0.25, 0.3) is 0 Å². The third-order valence-corrected chi connectivity index (χ3v) is 6.14. The molecule has 1 aliphatic rings. The third-order valence-electron chi connectivity index (χ3n) is 4.35. The van der Waals surface area contributed by atoms with Crippen molar-refractivity contribution in [2.24, 2.45) is 0 Å². The Morgan fingerprint density at radius 1 is 1.11 bits per heavy atom. The largest absolute Gasteiger partial charge is 0.452 e. The first-order valence-electron chi connectivity index (χ1n) is 8.92. The van der Waals surface area contributed by atoms with Gasteiger partial charge in [-0.05, 0) is 25.0 Å². The fourth-order valence-corrected chi connectivity index (χ4v) is 3.99. The van der Waals surface area contributed by atoms with Crippen LogP contribution in [0, 0.1) is 0 Å². The number of hydrogen-bond donors (Lipinski definition) is 2. The number of rotatable bonds is 6. The Labute approximate surface area is 158 Å². The predicted molar refractivity (Wildman–Crippen MR) is 98.0 cm³/mol. The van der Waals surface area contributed by atoms with Crippen molar-refractivity contribution in [2.45, 2.75) is 50.0 Å². The van der Waals surface area contributed by atoms with E-state index >= 15 is 0 Å². The number of carbonyl (C=O) groups is 3. The summed E-state index contributed by atoms with van der Waals surface area (Å²) in [6.07, 6.45) is 4.97. The van der Waals surface area contributed by atoms with Gasteiger partial charge in [-0.15, -0.1) is 0 Å². The van der Waals surface area contributed by atoms with E-state index in [2.05, 4.69) is 10.6 Å². The minimum Gasteiger partial charge on any atom is -0.452 e. The zero-order valence-electron chi connectivity index (χ0n) is 15.2. The van der Waals surface area contributed by atoms with Gasteiger partial charge in [-0.25, -0.2) is 18.0 Å². The SMILES string of the molecule is CCS(=O)(=O)c1ccccc1C(=O)OCC(=O)NC(=O)NC1CCCCC1. The van der Waals surface area contributed by atoms with E-state index in [1.807, 2.05) is 0 Å². The molecule has 9 heteroatoms. The van der Waals surface area contributed by atoms with E-state index < -0.39 is 34.4 Å². The summed E-state index contributed by atoms with van der Waals surface area (Å²) in [6.45, 7) is 0.785.